The fourth-order valence-electron chi connectivity index (χ4n) is 3.45. The second-order valence-corrected chi connectivity index (χ2v) is 7.43. The number of carbonyl (C=O) groups is 1. The molecular weight excluding hydrogens is 322 g/mol. The molecular formula is C17H21N5OS. The third-order valence-electron chi connectivity index (χ3n) is 4.79. The summed E-state index contributed by atoms with van der Waals surface area (Å²) in [7, 11) is 0. The van der Waals surface area contributed by atoms with Gasteiger partial charge < -0.3 is 5.32 Å². The Morgan fingerprint density at radius 3 is 3.08 bits per heavy atom. The summed E-state index contributed by atoms with van der Waals surface area (Å²) in [5.74, 6) is 1.73. The van der Waals surface area contributed by atoms with Crippen molar-refractivity contribution in [2.75, 3.05) is 5.75 Å². The van der Waals surface area contributed by atoms with Gasteiger partial charge in [-0.15, -0.1) is 5.10 Å². The van der Waals surface area contributed by atoms with E-state index in [4.69, 9.17) is 0 Å². The van der Waals surface area contributed by atoms with Crippen molar-refractivity contribution in [1.82, 2.24) is 24.9 Å². The van der Waals surface area contributed by atoms with Crippen LogP contribution in [-0.2, 0) is 4.79 Å². The highest BCUT2D eigenvalue weighted by molar-refractivity contribution is 7.99. The van der Waals surface area contributed by atoms with Gasteiger partial charge in [-0.05, 0) is 30.9 Å². The molecule has 1 aliphatic carbocycles. The van der Waals surface area contributed by atoms with Crippen molar-refractivity contribution in [3.05, 3.63) is 24.3 Å². The van der Waals surface area contributed by atoms with Crippen molar-refractivity contribution >= 4 is 34.5 Å². The van der Waals surface area contributed by atoms with Crippen LogP contribution in [0.1, 0.15) is 32.6 Å². The molecule has 24 heavy (non-hydrogen) atoms. The highest BCUT2D eigenvalue weighted by atomic mass is 32.2. The SMILES string of the molecule is C[C@H]1CCCC[C@@H]1NC(=O)CSc1n[nH]c2nc3ccccc3n12. The average Bonchev–Trinajstić information content (AvgIpc) is 3.14. The Balaban J connectivity index is 1.45. The third-order valence-corrected chi connectivity index (χ3v) is 5.73. The van der Waals surface area contributed by atoms with Crippen LogP contribution >= 0.6 is 11.8 Å². The molecule has 0 radical (unpaired) electrons. The molecule has 2 aromatic heterocycles. The van der Waals surface area contributed by atoms with Crippen LogP contribution in [0, 0.1) is 5.92 Å². The molecule has 1 fully saturated rings. The first-order valence-electron chi connectivity index (χ1n) is 8.46. The Hall–Kier alpha value is -2.02. The molecule has 0 bridgehead atoms. The Morgan fingerprint density at radius 2 is 2.21 bits per heavy atom. The summed E-state index contributed by atoms with van der Waals surface area (Å²) >= 11 is 1.44. The van der Waals surface area contributed by atoms with Crippen LogP contribution in [0.5, 0.6) is 0 Å². The Labute approximate surface area is 144 Å². The van der Waals surface area contributed by atoms with Gasteiger partial charge in [-0.1, -0.05) is 43.7 Å². The van der Waals surface area contributed by atoms with E-state index in [1.807, 2.05) is 28.7 Å². The van der Waals surface area contributed by atoms with Gasteiger partial charge in [-0.25, -0.2) is 10.1 Å². The number of benzene rings is 1. The molecule has 0 unspecified atom stereocenters. The molecule has 6 nitrogen and oxygen atoms in total. The van der Waals surface area contributed by atoms with Gasteiger partial charge in [0.15, 0.2) is 5.16 Å². The Morgan fingerprint density at radius 1 is 1.38 bits per heavy atom. The van der Waals surface area contributed by atoms with Crippen LogP contribution in [0.4, 0.5) is 0 Å². The number of aromatic nitrogens is 4. The van der Waals surface area contributed by atoms with Gasteiger partial charge in [0.2, 0.25) is 11.7 Å². The van der Waals surface area contributed by atoms with E-state index in [2.05, 4.69) is 27.4 Å². The van der Waals surface area contributed by atoms with Crippen molar-refractivity contribution < 1.29 is 4.79 Å². The number of thioether (sulfide) groups is 1. The molecule has 2 N–H and O–H groups in total. The summed E-state index contributed by atoms with van der Waals surface area (Å²) in [6, 6.07) is 8.25. The smallest absolute Gasteiger partial charge is 0.231 e. The van der Waals surface area contributed by atoms with Gasteiger partial charge in [0.1, 0.15) is 0 Å². The van der Waals surface area contributed by atoms with Gasteiger partial charge >= 0.3 is 0 Å². The maximum Gasteiger partial charge on any atom is 0.231 e. The van der Waals surface area contributed by atoms with Gasteiger partial charge in [0, 0.05) is 6.04 Å². The lowest BCUT2D eigenvalue weighted by Crippen LogP contribution is -2.41. The monoisotopic (exact) mass is 343 g/mol. The Kier molecular flexibility index (Phi) is 4.18. The molecule has 7 heteroatoms. The number of amides is 1. The molecule has 0 saturated heterocycles. The maximum atomic E-state index is 12.3. The zero-order valence-corrected chi connectivity index (χ0v) is 14.5. The van der Waals surface area contributed by atoms with Crippen molar-refractivity contribution in [2.45, 2.75) is 43.8 Å². The van der Waals surface area contributed by atoms with E-state index >= 15 is 0 Å². The first kappa shape index (κ1) is 15.5. The lowest BCUT2D eigenvalue weighted by atomic mass is 9.86. The molecule has 1 aliphatic rings. The summed E-state index contributed by atoms with van der Waals surface area (Å²) in [5, 5.41) is 11.2. The largest absolute Gasteiger partial charge is 0.352 e. The first-order valence-corrected chi connectivity index (χ1v) is 9.44. The highest BCUT2D eigenvalue weighted by Crippen LogP contribution is 2.25. The number of fused-ring (bicyclic) bond motifs is 3. The number of nitrogens with one attached hydrogen (secondary N) is 2. The average molecular weight is 343 g/mol. The number of carbonyl (C=O) groups excluding carboxylic acids is 1. The minimum Gasteiger partial charge on any atom is -0.352 e. The molecule has 0 aliphatic heterocycles. The molecule has 3 aromatic rings. The van der Waals surface area contributed by atoms with Crippen LogP contribution in [0.3, 0.4) is 0 Å². The number of H-pyrrole nitrogens is 1. The number of rotatable bonds is 4. The molecule has 1 saturated carbocycles. The maximum absolute atomic E-state index is 12.3. The van der Waals surface area contributed by atoms with E-state index in [1.54, 1.807) is 0 Å². The lowest BCUT2D eigenvalue weighted by molar-refractivity contribution is -0.119. The number of hydrogen-bond acceptors (Lipinski definition) is 4. The minimum absolute atomic E-state index is 0.0827. The number of aromatic amines is 1. The van der Waals surface area contributed by atoms with Gasteiger partial charge in [0.05, 0.1) is 16.8 Å². The third kappa shape index (κ3) is 2.88. The second kappa shape index (κ2) is 6.47. The molecule has 0 spiro atoms. The zero-order chi connectivity index (χ0) is 16.5. The topological polar surface area (TPSA) is 75.1 Å². The molecule has 2 heterocycles. The molecule has 2 atom stereocenters. The molecule has 126 valence electrons. The predicted octanol–water partition coefficient (Wildman–Crippen LogP) is 3.00. The Bertz CT molecular complexity index is 870. The van der Waals surface area contributed by atoms with Crippen molar-refractivity contribution in [3.63, 3.8) is 0 Å². The number of para-hydroxylation sites is 2. The fourth-order valence-corrected chi connectivity index (χ4v) is 4.22. The summed E-state index contributed by atoms with van der Waals surface area (Å²) in [5.41, 5.74) is 1.93. The van der Waals surface area contributed by atoms with E-state index in [1.165, 1.54) is 31.0 Å². The van der Waals surface area contributed by atoms with Crippen LogP contribution in [0.15, 0.2) is 29.4 Å². The highest BCUT2D eigenvalue weighted by Gasteiger charge is 2.23. The summed E-state index contributed by atoms with van der Waals surface area (Å²) in [6.45, 7) is 2.23. The number of hydrogen-bond donors (Lipinski definition) is 2. The summed E-state index contributed by atoms with van der Waals surface area (Å²) in [4.78, 5) is 16.8. The minimum atomic E-state index is 0.0827. The van der Waals surface area contributed by atoms with Crippen LogP contribution < -0.4 is 5.32 Å². The zero-order valence-electron chi connectivity index (χ0n) is 13.7. The van der Waals surface area contributed by atoms with Crippen molar-refractivity contribution in [3.8, 4) is 0 Å². The standard InChI is InChI=1S/C17H21N5OS/c1-11-6-2-3-7-12(11)18-15(23)10-24-17-21-20-16-19-13-8-4-5-9-14(13)22(16)17/h4-5,8-9,11-12H,2-3,6-7,10H2,1H3,(H,18,23)(H,19,20)/t11-,12-/m0/s1. The fraction of sp³-hybridized carbons (Fsp3) is 0.471. The van der Waals surface area contributed by atoms with E-state index in [0.29, 0.717) is 23.5 Å². The summed E-state index contributed by atoms with van der Waals surface area (Å²) in [6.07, 6.45) is 4.79. The van der Waals surface area contributed by atoms with Crippen molar-refractivity contribution in [2.24, 2.45) is 5.92 Å². The second-order valence-electron chi connectivity index (χ2n) is 6.49. The van der Waals surface area contributed by atoms with E-state index in [-0.39, 0.29) is 5.91 Å². The lowest BCUT2D eigenvalue weighted by Gasteiger charge is -2.29. The van der Waals surface area contributed by atoms with Crippen LogP contribution in [-0.4, -0.2) is 37.3 Å². The van der Waals surface area contributed by atoms with E-state index < -0.39 is 0 Å². The number of nitrogens with zero attached hydrogens (tertiary/aromatic N) is 3. The van der Waals surface area contributed by atoms with E-state index in [0.717, 1.165) is 22.6 Å². The van der Waals surface area contributed by atoms with Gasteiger partial charge in [0.25, 0.3) is 0 Å². The van der Waals surface area contributed by atoms with Gasteiger partial charge in [-0.2, -0.15) is 0 Å². The van der Waals surface area contributed by atoms with Crippen LogP contribution in [0.2, 0.25) is 0 Å². The number of imidazole rings is 1. The molecule has 1 aromatic carbocycles. The summed E-state index contributed by atoms with van der Waals surface area (Å²) < 4.78 is 1.97. The molecule has 4 rings (SSSR count). The van der Waals surface area contributed by atoms with Crippen molar-refractivity contribution in [1.29, 1.82) is 0 Å². The normalized spacial score (nSPS) is 21.4. The van der Waals surface area contributed by atoms with Gasteiger partial charge in [-0.3, -0.25) is 9.20 Å². The van der Waals surface area contributed by atoms with Crippen LogP contribution in [0.25, 0.3) is 16.8 Å². The van der Waals surface area contributed by atoms with E-state index in [9.17, 15) is 4.79 Å². The predicted molar refractivity (Wildman–Crippen MR) is 95.1 cm³/mol. The quantitative estimate of drug-likeness (QED) is 0.714. The first-order chi connectivity index (χ1) is 11.7. The molecule has 1 amide bonds.